The van der Waals surface area contributed by atoms with Gasteiger partial charge in [-0.3, -0.25) is 14.4 Å². The maximum absolute atomic E-state index is 12.4. The average molecular weight is 533 g/mol. The summed E-state index contributed by atoms with van der Waals surface area (Å²) in [7, 11) is 1.47. The van der Waals surface area contributed by atoms with Crippen molar-refractivity contribution in [2.24, 2.45) is 5.10 Å². The lowest BCUT2D eigenvalue weighted by Crippen LogP contribution is -2.41. The van der Waals surface area contributed by atoms with Gasteiger partial charge in [0.1, 0.15) is 0 Å². The molecule has 0 radical (unpaired) electrons. The molecule has 0 heterocycles. The van der Waals surface area contributed by atoms with Crippen molar-refractivity contribution in [2.75, 3.05) is 19.0 Å². The Labute approximate surface area is 207 Å². The van der Waals surface area contributed by atoms with Crippen LogP contribution >= 0.6 is 15.9 Å². The molecule has 1 atom stereocenters. The van der Waals surface area contributed by atoms with Gasteiger partial charge in [0.15, 0.2) is 18.1 Å². The number of methoxy groups -OCH3 is 1. The largest absolute Gasteiger partial charge is 0.493 e. The van der Waals surface area contributed by atoms with E-state index in [4.69, 9.17) is 9.47 Å². The predicted molar refractivity (Wildman–Crippen MR) is 134 cm³/mol. The van der Waals surface area contributed by atoms with Gasteiger partial charge < -0.3 is 20.1 Å². The van der Waals surface area contributed by atoms with Crippen LogP contribution in [0.1, 0.15) is 37.0 Å². The van der Waals surface area contributed by atoms with Gasteiger partial charge in [0.2, 0.25) is 0 Å². The summed E-state index contributed by atoms with van der Waals surface area (Å²) in [6.07, 6.45) is 2.08. The molecule has 2 rings (SSSR count). The van der Waals surface area contributed by atoms with E-state index in [9.17, 15) is 14.4 Å². The third-order valence-corrected chi connectivity index (χ3v) is 5.34. The van der Waals surface area contributed by atoms with E-state index in [1.807, 2.05) is 32.9 Å². The highest BCUT2D eigenvalue weighted by atomic mass is 79.9. The first-order chi connectivity index (χ1) is 16.1. The summed E-state index contributed by atoms with van der Waals surface area (Å²) < 4.78 is 11.9. The van der Waals surface area contributed by atoms with Crippen LogP contribution in [0.3, 0.4) is 0 Å². The molecule has 0 aliphatic heterocycles. The smallest absolute Gasteiger partial charge is 0.329 e. The van der Waals surface area contributed by atoms with Crippen LogP contribution in [0.15, 0.2) is 39.9 Å². The Morgan fingerprint density at radius 2 is 1.76 bits per heavy atom. The van der Waals surface area contributed by atoms with E-state index in [0.29, 0.717) is 23.5 Å². The lowest BCUT2D eigenvalue weighted by Gasteiger charge is -2.14. The van der Waals surface area contributed by atoms with Gasteiger partial charge in [-0.25, -0.2) is 5.43 Å². The molecule has 10 heteroatoms. The van der Waals surface area contributed by atoms with Crippen LogP contribution in [-0.4, -0.2) is 43.7 Å². The number of carbonyl (C=O) groups excluding carboxylic acids is 3. The van der Waals surface area contributed by atoms with Crippen molar-refractivity contribution < 1.29 is 23.9 Å². The van der Waals surface area contributed by atoms with Gasteiger partial charge in [-0.15, -0.1) is 0 Å². The van der Waals surface area contributed by atoms with E-state index in [-0.39, 0.29) is 18.6 Å². The van der Waals surface area contributed by atoms with Crippen LogP contribution < -0.4 is 25.5 Å². The van der Waals surface area contributed by atoms with Crippen LogP contribution in [0.2, 0.25) is 0 Å². The molecule has 0 bridgehead atoms. The first-order valence-corrected chi connectivity index (χ1v) is 11.4. The van der Waals surface area contributed by atoms with Crippen molar-refractivity contribution in [3.63, 3.8) is 0 Å². The summed E-state index contributed by atoms with van der Waals surface area (Å²) in [5.74, 6) is -1.16. The number of hydrazone groups is 1. The van der Waals surface area contributed by atoms with Crippen LogP contribution in [-0.2, 0) is 14.4 Å². The summed E-state index contributed by atoms with van der Waals surface area (Å²) in [4.78, 5) is 35.9. The molecule has 9 nitrogen and oxygen atoms in total. The fourth-order valence-corrected chi connectivity index (χ4v) is 3.60. The van der Waals surface area contributed by atoms with Gasteiger partial charge in [-0.05, 0) is 74.2 Å². The minimum atomic E-state index is -0.856. The van der Waals surface area contributed by atoms with Crippen LogP contribution in [0.25, 0.3) is 0 Å². The van der Waals surface area contributed by atoms with Gasteiger partial charge in [-0.1, -0.05) is 22.9 Å². The zero-order chi connectivity index (χ0) is 25.3. The quantitative estimate of drug-likeness (QED) is 0.259. The van der Waals surface area contributed by atoms with Crippen molar-refractivity contribution >= 4 is 45.6 Å². The molecule has 3 amide bonds. The summed E-state index contributed by atoms with van der Waals surface area (Å²) in [5.41, 5.74) is 5.39. The fraction of sp³-hybridized carbons (Fsp3) is 0.333. The molecule has 0 saturated heterocycles. The molecule has 0 aliphatic carbocycles. The molecular weight excluding hydrogens is 504 g/mol. The van der Waals surface area contributed by atoms with E-state index in [1.54, 1.807) is 25.1 Å². The molecule has 0 unspecified atom stereocenters. The normalized spacial score (nSPS) is 11.6. The number of nitrogens with one attached hydrogen (secondary N) is 3. The third-order valence-electron chi connectivity index (χ3n) is 4.88. The number of anilines is 1. The van der Waals surface area contributed by atoms with Gasteiger partial charge in [0, 0.05) is 16.2 Å². The Morgan fingerprint density at radius 3 is 2.38 bits per heavy atom. The highest BCUT2D eigenvalue weighted by Crippen LogP contribution is 2.28. The average Bonchev–Trinajstić information content (AvgIpc) is 2.79. The topological polar surface area (TPSA) is 118 Å². The lowest BCUT2D eigenvalue weighted by molar-refractivity contribution is -0.139. The first-order valence-electron chi connectivity index (χ1n) is 10.7. The predicted octanol–water partition coefficient (Wildman–Crippen LogP) is 3.46. The molecule has 34 heavy (non-hydrogen) atoms. The maximum Gasteiger partial charge on any atom is 0.329 e. The molecule has 0 aromatic heterocycles. The van der Waals surface area contributed by atoms with Gasteiger partial charge >= 0.3 is 11.8 Å². The van der Waals surface area contributed by atoms with E-state index in [1.165, 1.54) is 13.3 Å². The Morgan fingerprint density at radius 1 is 1.09 bits per heavy atom. The Bertz CT molecular complexity index is 1060. The molecule has 0 aliphatic rings. The number of carbonyl (C=O) groups is 3. The first kappa shape index (κ1) is 26.8. The minimum Gasteiger partial charge on any atom is -0.493 e. The van der Waals surface area contributed by atoms with E-state index in [0.717, 1.165) is 21.3 Å². The summed E-state index contributed by atoms with van der Waals surface area (Å²) in [6, 6.07) is 8.67. The summed E-state index contributed by atoms with van der Waals surface area (Å²) >= 11 is 3.44. The van der Waals surface area contributed by atoms with Gasteiger partial charge in [-0.2, -0.15) is 5.10 Å². The lowest BCUT2D eigenvalue weighted by atomic mass is 10.1. The van der Waals surface area contributed by atoms with Crippen molar-refractivity contribution in [3.8, 4) is 11.5 Å². The number of amides is 3. The molecular formula is C24H29BrN4O5. The van der Waals surface area contributed by atoms with Gasteiger partial charge in [0.05, 0.1) is 13.3 Å². The van der Waals surface area contributed by atoms with Crippen LogP contribution in [0.5, 0.6) is 11.5 Å². The third kappa shape index (κ3) is 7.87. The van der Waals surface area contributed by atoms with Crippen LogP contribution in [0, 0.1) is 13.8 Å². The summed E-state index contributed by atoms with van der Waals surface area (Å²) in [6.45, 7) is 7.33. The molecule has 2 aromatic rings. The minimum absolute atomic E-state index is 0.107. The fourth-order valence-electron chi connectivity index (χ4n) is 2.92. The molecule has 2 aromatic carbocycles. The number of halogens is 1. The zero-order valence-electron chi connectivity index (χ0n) is 19.8. The van der Waals surface area contributed by atoms with Crippen molar-refractivity contribution in [2.45, 2.75) is 40.2 Å². The number of rotatable bonds is 9. The van der Waals surface area contributed by atoms with Gasteiger partial charge in [0.25, 0.3) is 5.91 Å². The zero-order valence-corrected chi connectivity index (χ0v) is 21.4. The molecule has 182 valence electrons. The van der Waals surface area contributed by atoms with Crippen LogP contribution in [0.4, 0.5) is 5.69 Å². The number of hydrogen-bond acceptors (Lipinski definition) is 6. The number of hydrogen-bond donors (Lipinski definition) is 3. The second-order valence-corrected chi connectivity index (χ2v) is 8.56. The summed E-state index contributed by atoms with van der Waals surface area (Å²) in [5, 5.41) is 9.22. The molecule has 0 fully saturated rings. The Balaban J connectivity index is 1.96. The molecule has 0 saturated carbocycles. The second kappa shape index (κ2) is 12.7. The SMILES string of the molecule is CC[C@H](C)NC(=O)C(=O)N/N=C\c1ccc(OCC(=O)Nc2c(C)cc(Br)cc2C)c(OC)c1. The van der Waals surface area contributed by atoms with Crippen molar-refractivity contribution in [3.05, 3.63) is 51.5 Å². The van der Waals surface area contributed by atoms with E-state index < -0.39 is 11.8 Å². The van der Waals surface area contributed by atoms with Crippen molar-refractivity contribution in [1.29, 1.82) is 0 Å². The van der Waals surface area contributed by atoms with E-state index in [2.05, 4.69) is 37.1 Å². The van der Waals surface area contributed by atoms with Crippen molar-refractivity contribution in [1.82, 2.24) is 10.7 Å². The second-order valence-electron chi connectivity index (χ2n) is 7.64. The molecule has 3 N–H and O–H groups in total. The Kier molecular flexibility index (Phi) is 10.1. The van der Waals surface area contributed by atoms with E-state index >= 15 is 0 Å². The Hall–Kier alpha value is -3.40. The maximum atomic E-state index is 12.4. The standard InChI is InChI=1S/C24H29BrN4O5/c1-6-16(4)27-23(31)24(32)29-26-12-17-7-8-19(20(11-17)33-5)34-13-21(30)28-22-14(2)9-18(25)10-15(22)3/h7-12,16H,6,13H2,1-5H3,(H,27,31)(H,28,30)(H,29,32)/b26-12-/t16-/m0/s1. The monoisotopic (exact) mass is 532 g/mol. The number of aryl methyl sites for hydroxylation is 2. The number of ether oxygens (including phenoxy) is 2. The highest BCUT2D eigenvalue weighted by Gasteiger charge is 2.15. The number of nitrogens with zero attached hydrogens (tertiary/aromatic N) is 1. The number of benzene rings is 2. The molecule has 0 spiro atoms. The highest BCUT2D eigenvalue weighted by molar-refractivity contribution is 9.10.